The molecule has 2 aliphatic rings. The molecule has 0 N–H and O–H groups in total. The first-order valence-corrected chi connectivity index (χ1v) is 6.45. The van der Waals surface area contributed by atoms with E-state index in [0.29, 0.717) is 0 Å². The molecule has 0 atom stereocenters. The summed E-state index contributed by atoms with van der Waals surface area (Å²) in [5.41, 5.74) is 1.94. The van der Waals surface area contributed by atoms with Gasteiger partial charge in [-0.05, 0) is 17.2 Å². The summed E-state index contributed by atoms with van der Waals surface area (Å²) >= 11 is 0. The molecule has 2 aliphatic heterocycles. The Morgan fingerprint density at radius 1 is 1.26 bits per heavy atom. The van der Waals surface area contributed by atoms with Crippen LogP contribution in [0.1, 0.15) is 0 Å². The summed E-state index contributed by atoms with van der Waals surface area (Å²) in [4.78, 5) is 4.36. The average molecular weight is 260 g/mol. The molecule has 100 valence electrons. The van der Waals surface area contributed by atoms with Crippen molar-refractivity contribution < 1.29 is 9.42 Å². The van der Waals surface area contributed by atoms with Crippen molar-refractivity contribution in [3.05, 3.63) is 24.3 Å². The van der Waals surface area contributed by atoms with Crippen molar-refractivity contribution in [1.29, 1.82) is 0 Å². The highest BCUT2D eigenvalue weighted by atomic mass is 16.5. The monoisotopic (exact) mass is 260 g/mol. The summed E-state index contributed by atoms with van der Waals surface area (Å²) in [7, 11) is 4.06. The van der Waals surface area contributed by atoms with E-state index in [9.17, 15) is 0 Å². The van der Waals surface area contributed by atoms with E-state index in [0.717, 1.165) is 43.6 Å². The van der Waals surface area contributed by atoms with Crippen LogP contribution in [-0.4, -0.2) is 60.8 Å². The Morgan fingerprint density at radius 2 is 2.00 bits per heavy atom. The first kappa shape index (κ1) is 12.1. The number of morpholine rings is 1. The van der Waals surface area contributed by atoms with Gasteiger partial charge in [-0.15, -0.1) is 0 Å². The maximum atomic E-state index is 5.42. The highest BCUT2D eigenvalue weighted by Gasteiger charge is 2.30. The molecule has 3 rings (SSSR count). The lowest BCUT2D eigenvalue weighted by Gasteiger charge is -2.28. The van der Waals surface area contributed by atoms with Crippen LogP contribution in [-0.2, 0) is 4.74 Å². The van der Waals surface area contributed by atoms with Crippen LogP contribution in [0.5, 0.6) is 0 Å². The minimum absolute atomic E-state index is 0.754. The van der Waals surface area contributed by atoms with Crippen molar-refractivity contribution in [3.63, 3.8) is 0 Å². The summed E-state index contributed by atoms with van der Waals surface area (Å²) < 4.78 is 7.32. The smallest absolute Gasteiger partial charge is 0.338 e. The Morgan fingerprint density at radius 3 is 2.74 bits per heavy atom. The van der Waals surface area contributed by atoms with E-state index >= 15 is 0 Å². The first-order valence-electron chi connectivity index (χ1n) is 6.45. The highest BCUT2D eigenvalue weighted by Crippen LogP contribution is 2.33. The number of hydrogen-bond acceptors (Lipinski definition) is 3. The molecule has 0 saturated carbocycles. The summed E-state index contributed by atoms with van der Waals surface area (Å²) in [6.07, 6.45) is 0. The van der Waals surface area contributed by atoms with Gasteiger partial charge in [0.05, 0.1) is 26.3 Å². The molecule has 0 spiro atoms. The zero-order valence-electron chi connectivity index (χ0n) is 11.3. The molecule has 0 radical (unpaired) electrons. The molecular formula is C13H18N5O+. The maximum Gasteiger partial charge on any atom is 0.338 e. The summed E-state index contributed by atoms with van der Waals surface area (Å²) in [6, 6.07) is 8.00. The lowest BCUT2D eigenvalue weighted by Crippen LogP contribution is -2.49. The highest BCUT2D eigenvalue weighted by molar-refractivity contribution is 5.77. The number of hydrogen-bond donors (Lipinski definition) is 0. The predicted octanol–water partition coefficient (Wildman–Crippen LogP) is 1.59. The quantitative estimate of drug-likeness (QED) is 0.525. The van der Waals surface area contributed by atoms with Gasteiger partial charge in [-0.2, -0.15) is 0 Å². The normalized spacial score (nSPS) is 20.4. The topological polar surface area (TPSA) is 43.4 Å². The summed E-state index contributed by atoms with van der Waals surface area (Å²) in [5.74, 6) is 1.04. The van der Waals surface area contributed by atoms with Gasteiger partial charge in [0.25, 0.3) is 0 Å². The Balaban J connectivity index is 2.04. The second-order valence-corrected chi connectivity index (χ2v) is 4.78. The van der Waals surface area contributed by atoms with Crippen LogP contribution in [0.3, 0.4) is 0 Å². The predicted molar refractivity (Wildman–Crippen MR) is 72.0 cm³/mol. The molecule has 1 aromatic carbocycles. The molecule has 0 aromatic heterocycles. The molecule has 2 heterocycles. The van der Waals surface area contributed by atoms with E-state index < -0.39 is 0 Å². The lowest BCUT2D eigenvalue weighted by atomic mass is 10.3. The standard InChI is InChI=1S/C13H18N5O/c1-16(2)13(17-7-9-19-10-8-17)18-12-6-4-3-5-11(12)14-15-18/h3-6H,7-10H2,1-2H3/q+1. The molecule has 0 unspecified atom stereocenters. The van der Waals surface area contributed by atoms with Crippen LogP contribution in [0.25, 0.3) is 0 Å². The number of fused-ring (bicyclic) bond motifs is 1. The molecule has 1 fully saturated rings. The SMILES string of the molecule is CN(C)C(N1CCOCC1)=[N+]1N=Nc2ccccc21. The van der Waals surface area contributed by atoms with Crippen LogP contribution in [0.2, 0.25) is 0 Å². The minimum Gasteiger partial charge on any atom is -0.376 e. The molecule has 0 aliphatic carbocycles. The van der Waals surface area contributed by atoms with Gasteiger partial charge in [0.2, 0.25) is 0 Å². The largest absolute Gasteiger partial charge is 0.376 e. The molecule has 0 amide bonds. The first-order chi connectivity index (χ1) is 9.27. The fraction of sp³-hybridized carbons (Fsp3) is 0.462. The number of ether oxygens (including phenoxy) is 1. The Kier molecular flexibility index (Phi) is 3.16. The number of guanidine groups is 1. The van der Waals surface area contributed by atoms with Gasteiger partial charge in [0.15, 0.2) is 11.4 Å². The van der Waals surface area contributed by atoms with Crippen molar-refractivity contribution in [2.24, 2.45) is 10.3 Å². The van der Waals surface area contributed by atoms with Crippen molar-refractivity contribution in [2.45, 2.75) is 0 Å². The van der Waals surface area contributed by atoms with E-state index in [2.05, 4.69) is 20.1 Å². The van der Waals surface area contributed by atoms with Crippen LogP contribution in [0.15, 0.2) is 34.6 Å². The van der Waals surface area contributed by atoms with Gasteiger partial charge in [-0.1, -0.05) is 16.8 Å². The summed E-state index contributed by atoms with van der Waals surface area (Å²) in [5, 5.41) is 8.52. The molecule has 6 nitrogen and oxygen atoms in total. The van der Waals surface area contributed by atoms with Gasteiger partial charge in [0, 0.05) is 19.3 Å². The zero-order valence-corrected chi connectivity index (χ0v) is 11.3. The Labute approximate surface area is 112 Å². The van der Waals surface area contributed by atoms with Gasteiger partial charge < -0.3 is 4.74 Å². The Bertz CT molecular complexity index is 532. The summed E-state index contributed by atoms with van der Waals surface area (Å²) in [6.45, 7) is 3.26. The van der Waals surface area contributed by atoms with E-state index in [1.54, 1.807) is 0 Å². The van der Waals surface area contributed by atoms with Gasteiger partial charge >= 0.3 is 5.96 Å². The van der Waals surface area contributed by atoms with Crippen LogP contribution >= 0.6 is 0 Å². The third-order valence-corrected chi connectivity index (χ3v) is 3.24. The second-order valence-electron chi connectivity index (χ2n) is 4.78. The number of benzene rings is 1. The third kappa shape index (κ3) is 2.19. The van der Waals surface area contributed by atoms with E-state index in [1.807, 2.05) is 43.0 Å². The van der Waals surface area contributed by atoms with Crippen LogP contribution in [0, 0.1) is 0 Å². The van der Waals surface area contributed by atoms with Crippen molar-refractivity contribution in [2.75, 3.05) is 40.4 Å². The zero-order chi connectivity index (χ0) is 13.2. The molecule has 0 bridgehead atoms. The molecule has 1 aromatic rings. The maximum absolute atomic E-state index is 5.42. The minimum atomic E-state index is 0.754. The number of rotatable bonds is 0. The van der Waals surface area contributed by atoms with Crippen molar-refractivity contribution in [3.8, 4) is 0 Å². The Hall–Kier alpha value is -1.95. The van der Waals surface area contributed by atoms with Crippen molar-refractivity contribution in [1.82, 2.24) is 9.80 Å². The molecule has 1 saturated heterocycles. The third-order valence-electron chi connectivity index (χ3n) is 3.24. The van der Waals surface area contributed by atoms with Gasteiger partial charge in [-0.25, -0.2) is 0 Å². The van der Waals surface area contributed by atoms with Crippen LogP contribution < -0.4 is 0 Å². The molecular weight excluding hydrogens is 242 g/mol. The van der Waals surface area contributed by atoms with Gasteiger partial charge in [-0.3, -0.25) is 9.80 Å². The van der Waals surface area contributed by atoms with Crippen molar-refractivity contribution >= 4 is 17.3 Å². The number of nitrogens with zero attached hydrogens (tertiary/aromatic N) is 5. The number of para-hydroxylation sites is 1. The molecule has 6 heteroatoms. The second kappa shape index (κ2) is 4.97. The fourth-order valence-corrected chi connectivity index (χ4v) is 2.39. The van der Waals surface area contributed by atoms with Gasteiger partial charge in [0.1, 0.15) is 0 Å². The van der Waals surface area contributed by atoms with E-state index in [-0.39, 0.29) is 0 Å². The van der Waals surface area contributed by atoms with Crippen LogP contribution in [0.4, 0.5) is 11.4 Å². The average Bonchev–Trinajstić information content (AvgIpc) is 2.84. The fourth-order valence-electron chi connectivity index (χ4n) is 2.39. The van der Waals surface area contributed by atoms with E-state index in [4.69, 9.17) is 4.74 Å². The lowest BCUT2D eigenvalue weighted by molar-refractivity contribution is -0.459. The van der Waals surface area contributed by atoms with E-state index in [1.165, 1.54) is 0 Å². The molecule has 19 heavy (non-hydrogen) atoms.